The van der Waals surface area contributed by atoms with Gasteiger partial charge < -0.3 is 4.84 Å². The van der Waals surface area contributed by atoms with Crippen LogP contribution in [0.1, 0.15) is 38.5 Å². The summed E-state index contributed by atoms with van der Waals surface area (Å²) in [5.41, 5.74) is 0. The minimum absolute atomic E-state index is 0.367. The van der Waals surface area contributed by atoms with Gasteiger partial charge in [-0.2, -0.15) is 0 Å². The average Bonchev–Trinajstić information content (AvgIpc) is 2.08. The van der Waals surface area contributed by atoms with Crippen LogP contribution < -0.4 is 0 Å². The van der Waals surface area contributed by atoms with Crippen LogP contribution in [0.5, 0.6) is 0 Å². The van der Waals surface area contributed by atoms with Gasteiger partial charge in [0.05, 0.1) is 0 Å². The molecule has 1 saturated carbocycles. The Morgan fingerprint density at radius 3 is 2.13 bits per heavy atom. The fourth-order valence-electron chi connectivity index (χ4n) is 1.91. The van der Waals surface area contributed by atoms with Gasteiger partial charge >= 0.3 is 0 Å². The molecule has 0 heterocycles. The highest BCUT2D eigenvalue weighted by atomic mass is 17.0. The summed E-state index contributed by atoms with van der Waals surface area (Å²) in [7, 11) is 0. The Bertz CT molecular complexity index is 245. The maximum absolute atomic E-state index is 10.7. The van der Waals surface area contributed by atoms with Gasteiger partial charge in [-0.1, -0.05) is 19.3 Å². The highest BCUT2D eigenvalue weighted by Gasteiger charge is 2.34. The summed E-state index contributed by atoms with van der Waals surface area (Å²) in [6.07, 6.45) is 3.29. The minimum Gasteiger partial charge on any atom is -0.303 e. The molecule has 7 nitrogen and oxygen atoms in total. The summed E-state index contributed by atoms with van der Waals surface area (Å²) in [6, 6.07) is -0.935. The maximum atomic E-state index is 10.7. The van der Waals surface area contributed by atoms with E-state index in [9.17, 15) is 20.2 Å². The first-order valence-electron chi connectivity index (χ1n) is 5.06. The number of rotatable bonds is 3. The van der Waals surface area contributed by atoms with E-state index < -0.39 is 22.2 Å². The van der Waals surface area contributed by atoms with Crippen LogP contribution in [-0.4, -0.2) is 22.2 Å². The second-order valence-electron chi connectivity index (χ2n) is 3.71. The van der Waals surface area contributed by atoms with E-state index in [1.807, 2.05) is 0 Å². The lowest BCUT2D eigenvalue weighted by Gasteiger charge is -2.21. The molecule has 0 aromatic heterocycles. The zero-order valence-corrected chi connectivity index (χ0v) is 8.33. The molecule has 0 N–H and O–H groups in total. The predicted molar refractivity (Wildman–Crippen MR) is 50.4 cm³/mol. The highest BCUT2D eigenvalue weighted by Crippen LogP contribution is 2.22. The molecule has 1 aliphatic carbocycles. The average molecular weight is 218 g/mol. The van der Waals surface area contributed by atoms with Crippen LogP contribution in [0.4, 0.5) is 0 Å². The highest BCUT2D eigenvalue weighted by molar-refractivity contribution is 4.72. The van der Waals surface area contributed by atoms with Gasteiger partial charge in [-0.05, 0) is 12.8 Å². The molecule has 0 spiro atoms. The van der Waals surface area contributed by atoms with Crippen molar-refractivity contribution in [1.82, 2.24) is 0 Å². The molecule has 0 bridgehead atoms. The summed E-state index contributed by atoms with van der Waals surface area (Å²) >= 11 is 0. The zero-order valence-electron chi connectivity index (χ0n) is 8.33. The topological polar surface area (TPSA) is 95.5 Å². The lowest BCUT2D eigenvalue weighted by atomic mass is 9.95. The second-order valence-corrected chi connectivity index (χ2v) is 3.71. The predicted octanol–water partition coefficient (Wildman–Crippen LogP) is 1.56. The third-order valence-electron chi connectivity index (χ3n) is 2.66. The van der Waals surface area contributed by atoms with E-state index in [0.29, 0.717) is 12.8 Å². The Balaban J connectivity index is 2.64. The Kier molecular flexibility index (Phi) is 4.26. The summed E-state index contributed by atoms with van der Waals surface area (Å²) in [6.45, 7) is 0. The van der Waals surface area contributed by atoms with Crippen molar-refractivity contribution >= 4 is 0 Å². The Morgan fingerprint density at radius 1 is 1.00 bits per heavy atom. The lowest BCUT2D eigenvalue weighted by Crippen LogP contribution is -2.37. The van der Waals surface area contributed by atoms with Crippen molar-refractivity contribution in [2.45, 2.75) is 50.7 Å². The largest absolute Gasteiger partial charge is 0.303 e. The summed E-state index contributed by atoms with van der Waals surface area (Å²) in [5, 5.41) is 20.0. The van der Waals surface area contributed by atoms with Crippen molar-refractivity contribution in [3.63, 3.8) is 0 Å². The third kappa shape index (κ3) is 3.69. The van der Waals surface area contributed by atoms with Crippen molar-refractivity contribution in [3.8, 4) is 0 Å². The van der Waals surface area contributed by atoms with E-state index in [-0.39, 0.29) is 0 Å². The molecule has 0 aliphatic heterocycles. The Labute approximate surface area is 86.7 Å². The third-order valence-corrected chi connectivity index (χ3v) is 2.66. The molecule has 15 heavy (non-hydrogen) atoms. The molecular weight excluding hydrogens is 204 g/mol. The fraction of sp³-hybridized carbons (Fsp3) is 1.00. The maximum Gasteiger partial charge on any atom is 0.295 e. The number of nitro groups is 1. The van der Waals surface area contributed by atoms with Crippen molar-refractivity contribution in [2.24, 2.45) is 0 Å². The van der Waals surface area contributed by atoms with Gasteiger partial charge in [-0.15, -0.1) is 10.1 Å². The van der Waals surface area contributed by atoms with Crippen molar-refractivity contribution in [2.75, 3.05) is 0 Å². The summed E-state index contributed by atoms with van der Waals surface area (Å²) < 4.78 is 0. The number of nitrogens with zero attached hydrogens (tertiary/aromatic N) is 2. The Hall–Kier alpha value is -1.40. The summed E-state index contributed by atoms with van der Waals surface area (Å²) in [4.78, 5) is 24.8. The first-order valence-corrected chi connectivity index (χ1v) is 5.06. The van der Waals surface area contributed by atoms with E-state index in [0.717, 1.165) is 25.7 Å². The van der Waals surface area contributed by atoms with Crippen LogP contribution >= 0.6 is 0 Å². The van der Waals surface area contributed by atoms with Crippen LogP contribution in [0.2, 0.25) is 0 Å². The van der Waals surface area contributed by atoms with Crippen LogP contribution in [-0.2, 0) is 4.84 Å². The normalized spacial score (nSPS) is 27.5. The van der Waals surface area contributed by atoms with E-state index in [4.69, 9.17) is 0 Å². The molecule has 0 aromatic rings. The van der Waals surface area contributed by atoms with E-state index in [1.165, 1.54) is 0 Å². The molecule has 0 radical (unpaired) electrons. The van der Waals surface area contributed by atoms with Crippen LogP contribution in [0.25, 0.3) is 0 Å². The van der Waals surface area contributed by atoms with Crippen LogP contribution in [0, 0.1) is 20.2 Å². The van der Waals surface area contributed by atoms with Gasteiger partial charge in [0.1, 0.15) is 0 Å². The first-order chi connectivity index (χ1) is 7.11. The number of hydrogen-bond acceptors (Lipinski definition) is 5. The molecular formula is C8H14N2O5. The van der Waals surface area contributed by atoms with E-state index >= 15 is 0 Å². The van der Waals surface area contributed by atoms with Crippen molar-refractivity contribution < 1.29 is 14.8 Å². The van der Waals surface area contributed by atoms with Crippen molar-refractivity contribution in [1.29, 1.82) is 0 Å². The minimum atomic E-state index is -0.935. The smallest absolute Gasteiger partial charge is 0.295 e. The van der Waals surface area contributed by atoms with E-state index in [1.54, 1.807) is 0 Å². The van der Waals surface area contributed by atoms with Gasteiger partial charge in [-0.3, -0.25) is 10.1 Å². The SMILES string of the molecule is O=[N+]([O-])OC1CCCCCCC1[N+](=O)[O-]. The molecule has 1 rings (SSSR count). The standard InChI is InChI=1S/C8H14N2O5/c11-9(12)7-5-3-1-2-4-6-8(7)15-10(13)14/h7-8H,1-6H2. The molecule has 0 saturated heterocycles. The van der Waals surface area contributed by atoms with E-state index in [2.05, 4.69) is 4.84 Å². The van der Waals surface area contributed by atoms with Gasteiger partial charge in [0, 0.05) is 11.3 Å². The number of hydrogen-bond donors (Lipinski definition) is 0. The Morgan fingerprint density at radius 2 is 1.60 bits per heavy atom. The lowest BCUT2D eigenvalue weighted by molar-refractivity contribution is -0.778. The molecule has 2 atom stereocenters. The van der Waals surface area contributed by atoms with Crippen molar-refractivity contribution in [3.05, 3.63) is 20.2 Å². The van der Waals surface area contributed by atoms with Crippen LogP contribution in [0.15, 0.2) is 0 Å². The fourth-order valence-corrected chi connectivity index (χ4v) is 1.91. The second kappa shape index (κ2) is 5.47. The van der Waals surface area contributed by atoms with Gasteiger partial charge in [0.25, 0.3) is 5.09 Å². The molecule has 1 fully saturated rings. The van der Waals surface area contributed by atoms with Gasteiger partial charge in [0.15, 0.2) is 6.10 Å². The molecule has 1 aliphatic rings. The first kappa shape index (κ1) is 11.7. The molecule has 86 valence electrons. The molecule has 0 amide bonds. The monoisotopic (exact) mass is 218 g/mol. The van der Waals surface area contributed by atoms with Crippen LogP contribution in [0.3, 0.4) is 0 Å². The zero-order chi connectivity index (χ0) is 11.3. The quantitative estimate of drug-likeness (QED) is 0.529. The van der Waals surface area contributed by atoms with Gasteiger partial charge in [-0.25, -0.2) is 0 Å². The van der Waals surface area contributed by atoms with Gasteiger partial charge in [0.2, 0.25) is 6.04 Å². The molecule has 2 unspecified atom stereocenters. The summed E-state index contributed by atoms with van der Waals surface area (Å²) in [5.74, 6) is 0. The molecule has 7 heteroatoms. The molecule has 0 aromatic carbocycles.